The monoisotopic (exact) mass is 170 g/mol. The fourth-order valence-corrected chi connectivity index (χ4v) is 1.37. The molecule has 68 valence electrons. The number of hydrogen-bond acceptors (Lipinski definition) is 3. The van der Waals surface area contributed by atoms with Gasteiger partial charge in [0, 0.05) is 5.57 Å². The van der Waals surface area contributed by atoms with Crippen molar-refractivity contribution in [1.82, 2.24) is 0 Å². The van der Waals surface area contributed by atoms with Gasteiger partial charge in [0.15, 0.2) is 0 Å². The van der Waals surface area contributed by atoms with Crippen molar-refractivity contribution in [2.24, 2.45) is 0 Å². The van der Waals surface area contributed by atoms with Crippen molar-refractivity contribution in [2.75, 3.05) is 6.61 Å². The normalized spacial score (nSPS) is 24.2. The number of hydrogen-bond donors (Lipinski definition) is 0. The molecule has 3 heterocycles. The molecule has 0 aromatic rings. The fourth-order valence-electron chi connectivity index (χ4n) is 1.37. The van der Waals surface area contributed by atoms with Gasteiger partial charge in [0.05, 0.1) is 13.0 Å². The maximum Gasteiger partial charge on any atom is 0.376 e. The standard InChI is InChI=1S/C9H14O3/c1-3-4-5-9-10-6-7(2)8(11-9)12-9/h3-6H2,1-2H3. The maximum absolute atomic E-state index is 5.44. The van der Waals surface area contributed by atoms with Gasteiger partial charge < -0.3 is 14.2 Å². The Morgan fingerprint density at radius 3 is 2.67 bits per heavy atom. The van der Waals surface area contributed by atoms with Gasteiger partial charge in [-0.3, -0.25) is 0 Å². The van der Waals surface area contributed by atoms with Crippen LogP contribution in [0, 0.1) is 0 Å². The Balaban J connectivity index is 1.94. The topological polar surface area (TPSA) is 27.7 Å². The highest BCUT2D eigenvalue weighted by molar-refractivity contribution is 5.09. The van der Waals surface area contributed by atoms with Gasteiger partial charge in [-0.2, -0.15) is 0 Å². The first-order valence-electron chi connectivity index (χ1n) is 4.47. The molecule has 0 atom stereocenters. The quantitative estimate of drug-likeness (QED) is 0.649. The van der Waals surface area contributed by atoms with Crippen LogP contribution in [-0.2, 0) is 14.2 Å². The van der Waals surface area contributed by atoms with Gasteiger partial charge in [-0.15, -0.1) is 0 Å². The van der Waals surface area contributed by atoms with E-state index in [9.17, 15) is 0 Å². The minimum Gasteiger partial charge on any atom is -0.397 e. The van der Waals surface area contributed by atoms with Gasteiger partial charge in [-0.1, -0.05) is 13.3 Å². The van der Waals surface area contributed by atoms with Crippen LogP contribution < -0.4 is 0 Å². The highest BCUT2D eigenvalue weighted by Gasteiger charge is 2.51. The zero-order valence-electron chi connectivity index (χ0n) is 7.55. The van der Waals surface area contributed by atoms with E-state index in [2.05, 4.69) is 6.92 Å². The summed E-state index contributed by atoms with van der Waals surface area (Å²) in [6, 6.07) is 0. The Hall–Kier alpha value is -0.700. The molecule has 3 nitrogen and oxygen atoms in total. The van der Waals surface area contributed by atoms with Gasteiger partial charge in [0.2, 0.25) is 0 Å². The molecule has 0 aromatic heterocycles. The Morgan fingerprint density at radius 2 is 2.17 bits per heavy atom. The SMILES string of the molecule is CCCCC12OCC(C)=C(O1)O2. The Labute approximate surface area is 72.3 Å². The predicted molar refractivity (Wildman–Crippen MR) is 43.1 cm³/mol. The average Bonchev–Trinajstić information content (AvgIpc) is 2.01. The molecule has 1 saturated heterocycles. The van der Waals surface area contributed by atoms with Gasteiger partial charge in [-0.05, 0) is 13.3 Å². The van der Waals surface area contributed by atoms with Crippen LogP contribution in [0.4, 0.5) is 0 Å². The summed E-state index contributed by atoms with van der Waals surface area (Å²) >= 11 is 0. The minimum atomic E-state index is -0.704. The Kier molecular flexibility index (Phi) is 1.76. The lowest BCUT2D eigenvalue weighted by Crippen LogP contribution is -2.51. The van der Waals surface area contributed by atoms with Crippen molar-refractivity contribution >= 4 is 0 Å². The van der Waals surface area contributed by atoms with Crippen molar-refractivity contribution < 1.29 is 14.2 Å². The van der Waals surface area contributed by atoms with Crippen LogP contribution in [0.1, 0.15) is 33.1 Å². The van der Waals surface area contributed by atoms with Gasteiger partial charge >= 0.3 is 5.97 Å². The van der Waals surface area contributed by atoms with Crippen LogP contribution >= 0.6 is 0 Å². The molecule has 0 aromatic carbocycles. The predicted octanol–water partition coefficient (Wildman–Crippen LogP) is 2.14. The summed E-state index contributed by atoms with van der Waals surface area (Å²) in [5, 5.41) is 0. The average molecular weight is 170 g/mol. The summed E-state index contributed by atoms with van der Waals surface area (Å²) in [7, 11) is 0. The molecule has 12 heavy (non-hydrogen) atoms. The van der Waals surface area contributed by atoms with E-state index >= 15 is 0 Å². The van der Waals surface area contributed by atoms with E-state index in [1.54, 1.807) is 0 Å². The number of fused-ring (bicyclic) bond motifs is 2. The third kappa shape index (κ3) is 1.08. The summed E-state index contributed by atoms with van der Waals surface area (Å²) in [6.45, 7) is 4.75. The molecular formula is C9H14O3. The van der Waals surface area contributed by atoms with E-state index in [-0.39, 0.29) is 0 Å². The first-order chi connectivity index (χ1) is 5.76. The number of rotatable bonds is 3. The second-order valence-corrected chi connectivity index (χ2v) is 3.35. The summed E-state index contributed by atoms with van der Waals surface area (Å²) < 4.78 is 16.3. The van der Waals surface area contributed by atoms with Crippen LogP contribution in [0.3, 0.4) is 0 Å². The molecule has 1 fully saturated rings. The van der Waals surface area contributed by atoms with E-state index in [0.29, 0.717) is 12.6 Å². The zero-order chi connectivity index (χ0) is 8.60. The smallest absolute Gasteiger partial charge is 0.376 e. The van der Waals surface area contributed by atoms with E-state index in [4.69, 9.17) is 14.2 Å². The molecule has 2 bridgehead atoms. The van der Waals surface area contributed by atoms with Crippen LogP contribution in [0.25, 0.3) is 0 Å². The lowest BCUT2D eigenvalue weighted by atomic mass is 10.2. The van der Waals surface area contributed by atoms with E-state index in [1.807, 2.05) is 6.92 Å². The van der Waals surface area contributed by atoms with Crippen LogP contribution in [0.15, 0.2) is 11.5 Å². The third-order valence-electron chi connectivity index (χ3n) is 2.19. The molecule has 0 unspecified atom stereocenters. The first-order valence-corrected chi connectivity index (χ1v) is 4.47. The second-order valence-electron chi connectivity index (χ2n) is 3.35. The van der Waals surface area contributed by atoms with Crippen LogP contribution in [-0.4, -0.2) is 12.6 Å². The summed E-state index contributed by atoms with van der Waals surface area (Å²) in [4.78, 5) is 0. The molecule has 0 aliphatic carbocycles. The van der Waals surface area contributed by atoms with Gasteiger partial charge in [0.1, 0.15) is 0 Å². The van der Waals surface area contributed by atoms with Gasteiger partial charge in [-0.25, -0.2) is 0 Å². The van der Waals surface area contributed by atoms with Gasteiger partial charge in [0.25, 0.3) is 5.95 Å². The lowest BCUT2D eigenvalue weighted by Gasteiger charge is -2.46. The van der Waals surface area contributed by atoms with Crippen molar-refractivity contribution in [2.45, 2.75) is 39.1 Å². The molecule has 3 heteroatoms. The Bertz CT molecular complexity index is 212. The van der Waals surface area contributed by atoms with Crippen LogP contribution in [0.2, 0.25) is 0 Å². The number of unbranched alkanes of at least 4 members (excludes halogenated alkanes) is 1. The summed E-state index contributed by atoms with van der Waals surface area (Å²) in [5.41, 5.74) is 1.05. The molecule has 0 N–H and O–H groups in total. The van der Waals surface area contributed by atoms with Crippen molar-refractivity contribution in [3.8, 4) is 0 Å². The zero-order valence-corrected chi connectivity index (χ0v) is 7.55. The minimum absolute atomic E-state index is 0.652. The summed E-state index contributed by atoms with van der Waals surface area (Å²) in [6.07, 6.45) is 3.04. The maximum atomic E-state index is 5.44. The Morgan fingerprint density at radius 1 is 1.42 bits per heavy atom. The van der Waals surface area contributed by atoms with E-state index < -0.39 is 5.97 Å². The third-order valence-corrected chi connectivity index (χ3v) is 2.19. The highest BCUT2D eigenvalue weighted by Crippen LogP contribution is 2.43. The van der Waals surface area contributed by atoms with Crippen molar-refractivity contribution in [3.63, 3.8) is 0 Å². The molecule has 0 amide bonds. The molecular weight excluding hydrogens is 156 g/mol. The lowest BCUT2D eigenvalue weighted by molar-refractivity contribution is -0.468. The molecule has 0 spiro atoms. The fraction of sp³-hybridized carbons (Fsp3) is 0.778. The molecule has 0 radical (unpaired) electrons. The van der Waals surface area contributed by atoms with Crippen LogP contribution in [0.5, 0.6) is 0 Å². The summed E-state index contributed by atoms with van der Waals surface area (Å²) in [5.74, 6) is -0.0254. The largest absolute Gasteiger partial charge is 0.397 e. The highest BCUT2D eigenvalue weighted by atomic mass is 17.0. The van der Waals surface area contributed by atoms with Crippen molar-refractivity contribution in [3.05, 3.63) is 11.5 Å². The second kappa shape index (κ2) is 2.66. The van der Waals surface area contributed by atoms with E-state index in [0.717, 1.165) is 24.8 Å². The molecule has 3 aliphatic heterocycles. The number of ether oxygens (including phenoxy) is 3. The van der Waals surface area contributed by atoms with Crippen molar-refractivity contribution in [1.29, 1.82) is 0 Å². The molecule has 0 saturated carbocycles. The molecule has 3 rings (SSSR count). The first kappa shape index (κ1) is 7.92. The molecule has 3 aliphatic rings. The van der Waals surface area contributed by atoms with E-state index in [1.165, 1.54) is 0 Å².